The van der Waals surface area contributed by atoms with Crippen molar-refractivity contribution in [2.75, 3.05) is 13.7 Å². The third kappa shape index (κ3) is 4.76. The zero-order valence-corrected chi connectivity index (χ0v) is 13.9. The second kappa shape index (κ2) is 8.05. The Bertz CT molecular complexity index is 587. The van der Waals surface area contributed by atoms with Gasteiger partial charge >= 0.3 is 0 Å². The Morgan fingerprint density at radius 1 is 1.10 bits per heavy atom. The summed E-state index contributed by atoms with van der Waals surface area (Å²) >= 11 is 3.56. The molecule has 0 aromatic heterocycles. The second-order valence-corrected chi connectivity index (χ2v) is 5.53. The molecule has 2 aromatic rings. The van der Waals surface area contributed by atoms with E-state index in [1.54, 1.807) is 7.11 Å². The van der Waals surface area contributed by atoms with Gasteiger partial charge < -0.3 is 14.8 Å². The molecular weight excluding hydrogens is 330 g/mol. The van der Waals surface area contributed by atoms with E-state index in [-0.39, 0.29) is 0 Å². The van der Waals surface area contributed by atoms with Crippen molar-refractivity contribution in [3.63, 3.8) is 0 Å². The third-order valence-electron chi connectivity index (χ3n) is 3.12. The lowest BCUT2D eigenvalue weighted by Gasteiger charge is -2.11. The molecule has 0 radical (unpaired) electrons. The maximum Gasteiger partial charge on any atom is 0.120 e. The maximum absolute atomic E-state index is 5.86. The lowest BCUT2D eigenvalue weighted by molar-refractivity contribution is 0.304. The van der Waals surface area contributed by atoms with Gasteiger partial charge in [-0.05, 0) is 48.0 Å². The van der Waals surface area contributed by atoms with E-state index in [4.69, 9.17) is 9.47 Å². The Labute approximate surface area is 134 Å². The number of rotatable bonds is 7. The van der Waals surface area contributed by atoms with E-state index < -0.39 is 0 Å². The third-order valence-corrected chi connectivity index (χ3v) is 3.90. The standard InChI is InChI=1S/C17H20BrNO2/c1-3-19-11-14-10-16(7-8-17(14)18)21-12-13-5-4-6-15(9-13)20-2/h4-10,19H,3,11-12H2,1-2H3. The van der Waals surface area contributed by atoms with Crippen molar-refractivity contribution >= 4 is 15.9 Å². The summed E-state index contributed by atoms with van der Waals surface area (Å²) < 4.78 is 12.2. The Hall–Kier alpha value is -1.52. The SMILES string of the molecule is CCNCc1cc(OCc2cccc(OC)c2)ccc1Br. The minimum Gasteiger partial charge on any atom is -0.497 e. The topological polar surface area (TPSA) is 30.5 Å². The zero-order valence-electron chi connectivity index (χ0n) is 12.4. The molecule has 0 aliphatic rings. The Kier molecular flexibility index (Phi) is 6.08. The minimum atomic E-state index is 0.527. The van der Waals surface area contributed by atoms with E-state index in [1.165, 1.54) is 5.56 Å². The number of benzene rings is 2. The summed E-state index contributed by atoms with van der Waals surface area (Å²) in [5.41, 5.74) is 2.28. The highest BCUT2D eigenvalue weighted by Crippen LogP contribution is 2.23. The van der Waals surface area contributed by atoms with Crippen molar-refractivity contribution in [1.29, 1.82) is 0 Å². The number of hydrogen-bond donors (Lipinski definition) is 1. The van der Waals surface area contributed by atoms with Gasteiger partial charge in [0.25, 0.3) is 0 Å². The summed E-state index contributed by atoms with van der Waals surface area (Å²) in [7, 11) is 1.67. The molecule has 0 spiro atoms. The lowest BCUT2D eigenvalue weighted by Crippen LogP contribution is -2.12. The molecule has 0 saturated heterocycles. The molecule has 0 heterocycles. The maximum atomic E-state index is 5.86. The molecule has 4 heteroatoms. The number of ether oxygens (including phenoxy) is 2. The van der Waals surface area contributed by atoms with Crippen LogP contribution in [0, 0.1) is 0 Å². The Morgan fingerprint density at radius 2 is 1.95 bits per heavy atom. The van der Waals surface area contributed by atoms with Gasteiger partial charge in [0.1, 0.15) is 18.1 Å². The normalized spacial score (nSPS) is 10.4. The number of hydrogen-bond acceptors (Lipinski definition) is 3. The van der Waals surface area contributed by atoms with Gasteiger partial charge in [0.15, 0.2) is 0 Å². The van der Waals surface area contributed by atoms with E-state index in [0.29, 0.717) is 6.61 Å². The number of nitrogens with one attached hydrogen (secondary N) is 1. The largest absolute Gasteiger partial charge is 0.497 e. The van der Waals surface area contributed by atoms with Crippen LogP contribution in [0.5, 0.6) is 11.5 Å². The van der Waals surface area contributed by atoms with Crippen LogP contribution in [0.15, 0.2) is 46.9 Å². The van der Waals surface area contributed by atoms with E-state index in [9.17, 15) is 0 Å². The summed E-state index contributed by atoms with van der Waals surface area (Å²) in [4.78, 5) is 0. The van der Waals surface area contributed by atoms with Crippen LogP contribution in [-0.2, 0) is 13.2 Å². The van der Waals surface area contributed by atoms with Crippen molar-refractivity contribution in [3.8, 4) is 11.5 Å². The van der Waals surface area contributed by atoms with Gasteiger partial charge in [-0.3, -0.25) is 0 Å². The molecule has 112 valence electrons. The highest BCUT2D eigenvalue weighted by atomic mass is 79.9. The van der Waals surface area contributed by atoms with Crippen molar-refractivity contribution in [2.24, 2.45) is 0 Å². The van der Waals surface area contributed by atoms with Crippen LogP contribution >= 0.6 is 15.9 Å². The first-order chi connectivity index (χ1) is 10.2. The molecule has 0 unspecified atom stereocenters. The highest BCUT2D eigenvalue weighted by molar-refractivity contribution is 9.10. The molecule has 0 saturated carbocycles. The van der Waals surface area contributed by atoms with E-state index in [1.807, 2.05) is 36.4 Å². The average molecular weight is 350 g/mol. The summed E-state index contributed by atoms with van der Waals surface area (Å²) in [5, 5.41) is 3.32. The van der Waals surface area contributed by atoms with Crippen molar-refractivity contribution in [1.82, 2.24) is 5.32 Å². The zero-order chi connectivity index (χ0) is 15.1. The quantitative estimate of drug-likeness (QED) is 0.814. The predicted octanol–water partition coefficient (Wildman–Crippen LogP) is 4.15. The van der Waals surface area contributed by atoms with Gasteiger partial charge in [-0.2, -0.15) is 0 Å². The van der Waals surface area contributed by atoms with Crippen LogP contribution in [0.25, 0.3) is 0 Å². The first-order valence-electron chi connectivity index (χ1n) is 6.97. The summed E-state index contributed by atoms with van der Waals surface area (Å²) in [6.07, 6.45) is 0. The molecule has 0 atom stereocenters. The van der Waals surface area contributed by atoms with Gasteiger partial charge in [0.2, 0.25) is 0 Å². The van der Waals surface area contributed by atoms with Crippen LogP contribution in [0.2, 0.25) is 0 Å². The molecule has 21 heavy (non-hydrogen) atoms. The fourth-order valence-electron chi connectivity index (χ4n) is 1.96. The van der Waals surface area contributed by atoms with Crippen LogP contribution in [0.4, 0.5) is 0 Å². The monoisotopic (exact) mass is 349 g/mol. The van der Waals surface area contributed by atoms with E-state index in [2.05, 4.69) is 34.2 Å². The molecule has 3 nitrogen and oxygen atoms in total. The van der Waals surface area contributed by atoms with Gasteiger partial charge in [0.05, 0.1) is 7.11 Å². The van der Waals surface area contributed by atoms with Gasteiger partial charge in [-0.15, -0.1) is 0 Å². The van der Waals surface area contributed by atoms with Crippen molar-refractivity contribution in [3.05, 3.63) is 58.1 Å². The highest BCUT2D eigenvalue weighted by Gasteiger charge is 2.03. The average Bonchev–Trinajstić information content (AvgIpc) is 2.53. The minimum absolute atomic E-state index is 0.527. The molecular formula is C17H20BrNO2. The molecule has 0 amide bonds. The first kappa shape index (κ1) is 15.9. The number of halogens is 1. The van der Waals surface area contributed by atoms with Crippen molar-refractivity contribution < 1.29 is 9.47 Å². The summed E-state index contributed by atoms with van der Waals surface area (Å²) in [6.45, 7) is 4.39. The molecule has 0 fully saturated rings. The smallest absolute Gasteiger partial charge is 0.120 e. The fraction of sp³-hybridized carbons (Fsp3) is 0.294. The molecule has 2 aromatic carbocycles. The van der Waals surface area contributed by atoms with Crippen LogP contribution < -0.4 is 14.8 Å². The summed E-state index contributed by atoms with van der Waals surface area (Å²) in [5.74, 6) is 1.72. The fourth-order valence-corrected chi connectivity index (χ4v) is 2.35. The lowest BCUT2D eigenvalue weighted by atomic mass is 10.2. The van der Waals surface area contributed by atoms with E-state index >= 15 is 0 Å². The molecule has 2 rings (SSSR count). The number of methoxy groups -OCH3 is 1. The van der Waals surface area contributed by atoms with Gasteiger partial charge in [-0.1, -0.05) is 35.0 Å². The molecule has 0 aliphatic heterocycles. The molecule has 0 bridgehead atoms. The Balaban J connectivity index is 2.02. The second-order valence-electron chi connectivity index (χ2n) is 4.67. The van der Waals surface area contributed by atoms with Gasteiger partial charge in [-0.25, -0.2) is 0 Å². The summed E-state index contributed by atoms with van der Waals surface area (Å²) in [6, 6.07) is 14.0. The van der Waals surface area contributed by atoms with Crippen LogP contribution in [0.3, 0.4) is 0 Å². The van der Waals surface area contributed by atoms with Crippen LogP contribution in [0.1, 0.15) is 18.1 Å². The van der Waals surface area contributed by atoms with Crippen molar-refractivity contribution in [2.45, 2.75) is 20.1 Å². The van der Waals surface area contributed by atoms with Gasteiger partial charge in [0, 0.05) is 11.0 Å². The predicted molar refractivity (Wildman–Crippen MR) is 88.8 cm³/mol. The Morgan fingerprint density at radius 3 is 2.71 bits per heavy atom. The molecule has 0 aliphatic carbocycles. The first-order valence-corrected chi connectivity index (χ1v) is 7.77. The van der Waals surface area contributed by atoms with E-state index in [0.717, 1.165) is 34.6 Å². The van der Waals surface area contributed by atoms with Crippen LogP contribution in [-0.4, -0.2) is 13.7 Å². The molecule has 1 N–H and O–H groups in total.